The highest BCUT2D eigenvalue weighted by Gasteiger charge is 1.97. The normalized spacial score (nSPS) is 9.08. The van der Waals surface area contributed by atoms with E-state index in [-0.39, 0.29) is 5.75 Å². The zero-order chi connectivity index (χ0) is 9.68. The van der Waals surface area contributed by atoms with Crippen LogP contribution in [-0.4, -0.2) is 11.0 Å². The number of aromatic hydroxyl groups is 1. The number of rotatable bonds is 1. The van der Waals surface area contributed by atoms with E-state index in [0.717, 1.165) is 11.1 Å². The van der Waals surface area contributed by atoms with Gasteiger partial charge in [-0.05, 0) is 19.1 Å². The van der Waals surface area contributed by atoms with Gasteiger partial charge in [-0.1, -0.05) is 17.9 Å². The van der Waals surface area contributed by atoms with Gasteiger partial charge in [-0.25, -0.2) is 0 Å². The van der Waals surface area contributed by atoms with E-state index < -0.39 is 0 Å². The van der Waals surface area contributed by atoms with Gasteiger partial charge < -0.3 is 5.11 Å². The van der Waals surface area contributed by atoms with E-state index in [9.17, 15) is 5.11 Å². The first-order chi connectivity index (χ1) is 6.25. The van der Waals surface area contributed by atoms with Crippen molar-refractivity contribution in [1.82, 2.24) is 0 Å². The highest BCUT2D eigenvalue weighted by atomic mass is 35.5. The molecule has 0 heterocycles. The molecule has 0 bridgehead atoms. The molecule has 1 nitrogen and oxygen atoms in total. The zero-order valence-corrected chi connectivity index (χ0v) is 8.23. The summed E-state index contributed by atoms with van der Waals surface area (Å²) >= 11 is 5.49. The smallest absolute Gasteiger partial charge is 0.119 e. The van der Waals surface area contributed by atoms with Gasteiger partial charge in [0.05, 0.1) is 0 Å². The van der Waals surface area contributed by atoms with Gasteiger partial charge in [-0.3, -0.25) is 0 Å². The predicted octanol–water partition coefficient (Wildman–Crippen LogP) is 2.68. The molecule has 1 rings (SSSR count). The van der Waals surface area contributed by atoms with Crippen LogP contribution in [0.1, 0.15) is 17.5 Å². The molecular formula is C11H11ClO. The van der Waals surface area contributed by atoms with E-state index in [0.29, 0.717) is 12.3 Å². The Hall–Kier alpha value is -1.13. The Morgan fingerprint density at radius 2 is 2.23 bits per heavy atom. The summed E-state index contributed by atoms with van der Waals surface area (Å²) in [7, 11) is 0. The first kappa shape index (κ1) is 9.95. The van der Waals surface area contributed by atoms with Crippen molar-refractivity contribution in [1.29, 1.82) is 0 Å². The van der Waals surface area contributed by atoms with Crippen molar-refractivity contribution in [2.45, 2.75) is 13.3 Å². The van der Waals surface area contributed by atoms with Crippen LogP contribution in [0.4, 0.5) is 0 Å². The summed E-state index contributed by atoms with van der Waals surface area (Å²) in [6.07, 6.45) is 0.677. The first-order valence-corrected chi connectivity index (χ1v) is 4.62. The number of hydrogen-bond acceptors (Lipinski definition) is 1. The molecule has 0 saturated heterocycles. The van der Waals surface area contributed by atoms with E-state index in [1.807, 2.05) is 13.0 Å². The lowest BCUT2D eigenvalue weighted by molar-refractivity contribution is 0.471. The molecule has 0 amide bonds. The van der Waals surface area contributed by atoms with Crippen molar-refractivity contribution in [2.24, 2.45) is 0 Å². The summed E-state index contributed by atoms with van der Waals surface area (Å²) in [6.45, 7) is 1.85. The molecule has 0 aromatic heterocycles. The Bertz CT molecular complexity index is 347. The molecule has 0 spiro atoms. The molecule has 0 aliphatic rings. The second-order valence-electron chi connectivity index (χ2n) is 2.69. The van der Waals surface area contributed by atoms with Crippen LogP contribution in [0.5, 0.6) is 5.75 Å². The standard InChI is InChI=1S/C11H11ClO/c1-9-10(5-2-3-8-12)6-4-7-11(9)13/h4,6-7,13H,3,8H2,1H3. The Morgan fingerprint density at radius 3 is 2.92 bits per heavy atom. The van der Waals surface area contributed by atoms with Crippen molar-refractivity contribution in [3.8, 4) is 17.6 Å². The van der Waals surface area contributed by atoms with E-state index >= 15 is 0 Å². The van der Waals surface area contributed by atoms with Crippen LogP contribution in [0.2, 0.25) is 0 Å². The van der Waals surface area contributed by atoms with Crippen molar-refractivity contribution in [3.05, 3.63) is 29.3 Å². The lowest BCUT2D eigenvalue weighted by Gasteiger charge is -1.99. The van der Waals surface area contributed by atoms with Crippen molar-refractivity contribution < 1.29 is 5.11 Å². The van der Waals surface area contributed by atoms with E-state index in [1.54, 1.807) is 12.1 Å². The molecule has 1 aromatic carbocycles. The maximum absolute atomic E-state index is 9.36. The zero-order valence-electron chi connectivity index (χ0n) is 7.47. The maximum atomic E-state index is 9.36. The van der Waals surface area contributed by atoms with Gasteiger partial charge in [0.15, 0.2) is 0 Å². The number of halogens is 1. The molecule has 0 radical (unpaired) electrons. The summed E-state index contributed by atoms with van der Waals surface area (Å²) < 4.78 is 0. The monoisotopic (exact) mass is 194 g/mol. The first-order valence-electron chi connectivity index (χ1n) is 4.09. The molecule has 68 valence electrons. The molecule has 0 fully saturated rings. The molecule has 0 aliphatic heterocycles. The maximum Gasteiger partial charge on any atom is 0.119 e. The van der Waals surface area contributed by atoms with Crippen LogP contribution in [-0.2, 0) is 0 Å². The fourth-order valence-corrected chi connectivity index (χ4v) is 1.06. The number of hydrogen-bond donors (Lipinski definition) is 1. The van der Waals surface area contributed by atoms with Crippen LogP contribution in [0.15, 0.2) is 18.2 Å². The molecule has 1 N–H and O–H groups in total. The van der Waals surface area contributed by atoms with Crippen LogP contribution in [0.25, 0.3) is 0 Å². The molecule has 0 aliphatic carbocycles. The van der Waals surface area contributed by atoms with Gasteiger partial charge in [0.25, 0.3) is 0 Å². The lowest BCUT2D eigenvalue weighted by Crippen LogP contribution is -1.82. The third kappa shape index (κ3) is 2.68. The molecule has 0 unspecified atom stereocenters. The highest BCUT2D eigenvalue weighted by Crippen LogP contribution is 2.18. The summed E-state index contributed by atoms with van der Waals surface area (Å²) in [6, 6.07) is 5.32. The topological polar surface area (TPSA) is 20.2 Å². The quantitative estimate of drug-likeness (QED) is 0.539. The third-order valence-corrected chi connectivity index (χ3v) is 1.94. The molecule has 0 saturated carbocycles. The minimum Gasteiger partial charge on any atom is -0.508 e. The average Bonchev–Trinajstić information content (AvgIpc) is 2.13. The van der Waals surface area contributed by atoms with Crippen molar-refractivity contribution in [2.75, 3.05) is 5.88 Å². The summed E-state index contributed by atoms with van der Waals surface area (Å²) in [5, 5.41) is 9.36. The summed E-state index contributed by atoms with van der Waals surface area (Å²) in [5.41, 5.74) is 1.69. The highest BCUT2D eigenvalue weighted by molar-refractivity contribution is 6.18. The molecule has 0 atom stereocenters. The predicted molar refractivity (Wildman–Crippen MR) is 55.1 cm³/mol. The Labute approximate surface area is 83.4 Å². The Balaban J connectivity index is 2.91. The summed E-state index contributed by atoms with van der Waals surface area (Å²) in [4.78, 5) is 0. The molecule has 1 aromatic rings. The number of benzene rings is 1. The third-order valence-electron chi connectivity index (χ3n) is 1.75. The van der Waals surface area contributed by atoms with Gasteiger partial charge >= 0.3 is 0 Å². The Morgan fingerprint density at radius 1 is 1.46 bits per heavy atom. The van der Waals surface area contributed by atoms with Crippen molar-refractivity contribution in [3.63, 3.8) is 0 Å². The van der Waals surface area contributed by atoms with Crippen LogP contribution in [0.3, 0.4) is 0 Å². The number of alkyl halides is 1. The minimum absolute atomic E-state index is 0.290. The average molecular weight is 195 g/mol. The number of phenolic OH excluding ortho intramolecular Hbond substituents is 1. The minimum atomic E-state index is 0.290. The van der Waals surface area contributed by atoms with E-state index in [2.05, 4.69) is 11.8 Å². The van der Waals surface area contributed by atoms with Gasteiger partial charge in [0.2, 0.25) is 0 Å². The van der Waals surface area contributed by atoms with Crippen molar-refractivity contribution >= 4 is 11.6 Å². The fourth-order valence-electron chi connectivity index (χ4n) is 0.964. The Kier molecular flexibility index (Phi) is 3.67. The van der Waals surface area contributed by atoms with Gasteiger partial charge in [-0.2, -0.15) is 0 Å². The largest absolute Gasteiger partial charge is 0.508 e. The van der Waals surface area contributed by atoms with Crippen LogP contribution in [0, 0.1) is 18.8 Å². The lowest BCUT2D eigenvalue weighted by atomic mass is 10.1. The SMILES string of the molecule is Cc1c(O)cccc1C#CCCCl. The van der Waals surface area contributed by atoms with E-state index in [1.165, 1.54) is 0 Å². The van der Waals surface area contributed by atoms with E-state index in [4.69, 9.17) is 11.6 Å². The molecular weight excluding hydrogens is 184 g/mol. The molecule has 13 heavy (non-hydrogen) atoms. The van der Waals surface area contributed by atoms with Gasteiger partial charge in [0.1, 0.15) is 5.75 Å². The van der Waals surface area contributed by atoms with Crippen LogP contribution >= 0.6 is 11.6 Å². The van der Waals surface area contributed by atoms with Gasteiger partial charge in [-0.15, -0.1) is 11.6 Å². The fraction of sp³-hybridized carbons (Fsp3) is 0.273. The number of phenols is 1. The second kappa shape index (κ2) is 4.79. The summed E-state index contributed by atoms with van der Waals surface area (Å²) in [5.74, 6) is 6.72. The van der Waals surface area contributed by atoms with Gasteiger partial charge in [0, 0.05) is 23.4 Å². The van der Waals surface area contributed by atoms with Crippen LogP contribution < -0.4 is 0 Å². The second-order valence-corrected chi connectivity index (χ2v) is 3.07. The molecule has 2 heteroatoms.